The highest BCUT2D eigenvalue weighted by Crippen LogP contribution is 2.62. The monoisotopic (exact) mass is 1470 g/mol. The molecule has 12 rings (SSSR count). The van der Waals surface area contributed by atoms with Crippen LogP contribution in [0.1, 0.15) is 127 Å². The molecular formula is C77H91N10O16P2+. The van der Waals surface area contributed by atoms with E-state index in [9.17, 15) is 24.1 Å². The average molecular weight is 1470 g/mol. The van der Waals surface area contributed by atoms with Gasteiger partial charge in [-0.2, -0.15) is 13.9 Å². The molecule has 8 atom stereocenters. The summed E-state index contributed by atoms with van der Waals surface area (Å²) in [5, 5.41) is 2.92. The number of carbonyl (C=O) groups excluding carboxylic acids is 2. The fourth-order valence-corrected chi connectivity index (χ4v) is 16.9. The summed E-state index contributed by atoms with van der Waals surface area (Å²) in [6, 6.07) is 48.1. The summed E-state index contributed by atoms with van der Waals surface area (Å²) in [5.41, 5.74) is 18.3. The predicted octanol–water partition coefficient (Wildman–Crippen LogP) is 11.4. The Hall–Kier alpha value is -8.53. The highest BCUT2D eigenvalue weighted by Gasteiger charge is 2.55. The Balaban J connectivity index is 0.796. The van der Waals surface area contributed by atoms with Gasteiger partial charge in [-0.1, -0.05) is 115 Å². The molecule has 554 valence electrons. The molecule has 9 aromatic rings. The number of nitrogens with two attached hydrogens (primary N) is 2. The maximum atomic E-state index is 14.0. The van der Waals surface area contributed by atoms with Crippen LogP contribution in [0.3, 0.4) is 0 Å². The van der Waals surface area contributed by atoms with E-state index in [2.05, 4.69) is 76.9 Å². The number of hydrogen-bond acceptors (Lipinski definition) is 22. The van der Waals surface area contributed by atoms with Crippen LogP contribution in [-0.2, 0) is 58.4 Å². The molecule has 2 fully saturated rings. The summed E-state index contributed by atoms with van der Waals surface area (Å²) in [7, 11) is -3.14. The van der Waals surface area contributed by atoms with Crippen molar-refractivity contribution in [1.82, 2.24) is 33.7 Å². The van der Waals surface area contributed by atoms with Crippen molar-refractivity contribution < 1.29 is 65.5 Å². The number of rotatable bonds is 35. The van der Waals surface area contributed by atoms with E-state index in [1.165, 1.54) is 17.1 Å². The molecule has 3 aliphatic rings. The number of benzene rings is 6. The molecule has 0 spiro atoms. The fraction of sp³-hybridized carbons (Fsp3) is 0.390. The Labute approximate surface area is 611 Å². The van der Waals surface area contributed by atoms with Gasteiger partial charge in [-0.05, 0) is 148 Å². The maximum Gasteiger partial charge on any atom is 0.573 e. The first kappa shape index (κ1) is 76.1. The summed E-state index contributed by atoms with van der Waals surface area (Å²) >= 11 is 0. The number of nitrogens with zero attached hydrogens (tertiary/aromatic N) is 6. The second kappa shape index (κ2) is 34.8. The number of esters is 1. The van der Waals surface area contributed by atoms with Gasteiger partial charge >= 0.3 is 19.8 Å². The van der Waals surface area contributed by atoms with Gasteiger partial charge in [0, 0.05) is 54.6 Å². The van der Waals surface area contributed by atoms with E-state index in [0.29, 0.717) is 55.1 Å². The van der Waals surface area contributed by atoms with Crippen molar-refractivity contribution in [2.24, 2.45) is 11.5 Å². The Kier molecular flexibility index (Phi) is 25.2. The number of hydrogen-bond donors (Lipinski definition) is 5. The predicted molar refractivity (Wildman–Crippen MR) is 397 cm³/mol. The van der Waals surface area contributed by atoms with Gasteiger partial charge in [0.15, 0.2) is 17.0 Å². The fourth-order valence-electron chi connectivity index (χ4n) is 13.6. The Morgan fingerprint density at radius 1 is 0.714 bits per heavy atom. The standard InChI is InChI=1S/C77H90N10O16P2/c1-49(2)87(50(3)4)104(97-39-15-37-78)102-64-41-69(86-48-82-71-72(80-47-81-73(71)86)83-75(90)53-26-23-52(24-27-53)25-36-70(88)95-44-63-61-21-13-11-19-59(61)60-20-12-14-22-62(60)63)101-67(64)46-99-105(92,98-40-16-38-79)103-65-42-68(85-43-51(5)74(89)84-76(85)91)100-66(65)45-96-77(54-17-9-8-10-18-54,55-28-32-57(93-6)33-29-55)56-30-34-58(94-7)35-31-56/h8-14,17-24,26-35,43,47-50,63-69,92H,15-16,25,36-42,44-46,78-79H2,1-7H3,(H-,80,81,83,84,89,90,91)/p+1/t64?,65?,66?,67?,68-,69-,104?,105?/m1/s1. The third-order valence-corrected chi connectivity index (χ3v) is 22.5. The first-order valence-corrected chi connectivity index (χ1v) is 37.9. The number of amides is 1. The number of nitrogens with one attached hydrogen (secondary N) is 2. The molecule has 3 aromatic heterocycles. The highest BCUT2D eigenvalue weighted by molar-refractivity contribution is 7.55. The number of carbonyl (C=O) groups is 2. The van der Waals surface area contributed by atoms with Crippen molar-refractivity contribution in [3.63, 3.8) is 0 Å². The highest BCUT2D eigenvalue weighted by atomic mass is 31.2. The second-order valence-corrected chi connectivity index (χ2v) is 29.5. The van der Waals surface area contributed by atoms with Crippen molar-refractivity contribution in [3.05, 3.63) is 236 Å². The van der Waals surface area contributed by atoms with E-state index in [1.807, 2.05) is 115 Å². The van der Waals surface area contributed by atoms with Gasteiger partial charge in [-0.15, -0.1) is 4.52 Å². The molecular weight excluding hydrogens is 1380 g/mol. The van der Waals surface area contributed by atoms with E-state index in [-0.39, 0.29) is 93.1 Å². The van der Waals surface area contributed by atoms with Crippen LogP contribution in [0.2, 0.25) is 0 Å². The Morgan fingerprint density at radius 2 is 1.30 bits per heavy atom. The third-order valence-electron chi connectivity index (χ3n) is 18.9. The minimum absolute atomic E-state index is 0.0275. The van der Waals surface area contributed by atoms with Gasteiger partial charge in [-0.25, -0.2) is 24.4 Å². The third kappa shape index (κ3) is 17.5. The van der Waals surface area contributed by atoms with Crippen molar-refractivity contribution in [1.29, 1.82) is 0 Å². The Bertz CT molecular complexity index is 4410. The number of anilines is 1. The van der Waals surface area contributed by atoms with Crippen LogP contribution in [0.15, 0.2) is 180 Å². The van der Waals surface area contributed by atoms with Gasteiger partial charge < -0.3 is 54.3 Å². The number of aryl methyl sites for hydroxylation is 2. The smallest absolute Gasteiger partial charge is 0.497 e. The number of aromatic nitrogens is 6. The van der Waals surface area contributed by atoms with Crippen LogP contribution < -0.4 is 37.5 Å². The number of fused-ring (bicyclic) bond motifs is 4. The molecule has 6 aromatic carbocycles. The summed E-state index contributed by atoms with van der Waals surface area (Å²) in [5.74, 6) is 0.580. The molecule has 7 N–H and O–H groups in total. The second-order valence-electron chi connectivity index (χ2n) is 26.4. The molecule has 0 saturated carbocycles. The molecule has 26 nitrogen and oxygen atoms in total. The van der Waals surface area contributed by atoms with E-state index in [0.717, 1.165) is 44.5 Å². The molecule has 28 heteroatoms. The molecule has 105 heavy (non-hydrogen) atoms. The van der Waals surface area contributed by atoms with E-state index in [1.54, 1.807) is 44.2 Å². The first-order valence-electron chi connectivity index (χ1n) is 35.3. The van der Waals surface area contributed by atoms with E-state index in [4.69, 9.17) is 67.5 Å². The summed E-state index contributed by atoms with van der Waals surface area (Å²) < 4.78 is 76.8. The minimum atomic E-state index is -4.52. The largest absolute Gasteiger partial charge is 0.573 e. The summed E-state index contributed by atoms with van der Waals surface area (Å²) in [6.07, 6.45) is 0.0000788. The lowest BCUT2D eigenvalue weighted by Crippen LogP contribution is -2.39. The quantitative estimate of drug-likeness (QED) is 0.0107. The van der Waals surface area contributed by atoms with Crippen molar-refractivity contribution >= 4 is 45.6 Å². The number of methoxy groups -OCH3 is 2. The lowest BCUT2D eigenvalue weighted by atomic mass is 9.80. The van der Waals surface area contributed by atoms with Crippen LogP contribution in [0.4, 0.5) is 5.82 Å². The number of H-pyrrole nitrogens is 1. The van der Waals surface area contributed by atoms with Crippen molar-refractivity contribution in [2.75, 3.05) is 65.7 Å². The molecule has 0 radical (unpaired) electrons. The van der Waals surface area contributed by atoms with Gasteiger partial charge in [0.05, 0.1) is 39.9 Å². The molecule has 6 unspecified atom stereocenters. The SMILES string of the molecule is COc1ccc(C(OCC2O[C@@H](n3cc(C)c(=O)[nH]c3=O)CC2O[P+](O)(OCCCN)OCC2O[C@@H](n3cnc4c(NC(=O)c5ccc(CCC(=O)OCC6c7ccccc7-c7ccccc76)cc5)ncnc43)CC2OP(OCCCN)N(C(C)C)C(C)C)(c2ccccc2)c2ccc(OC)cc2)cc1. The zero-order valence-corrected chi connectivity index (χ0v) is 61.6. The van der Waals surface area contributed by atoms with Crippen LogP contribution >= 0.6 is 16.7 Å². The number of aromatic amines is 1. The zero-order valence-electron chi connectivity index (χ0n) is 59.9. The lowest BCUT2D eigenvalue weighted by molar-refractivity contribution is -0.143. The molecule has 2 aliphatic heterocycles. The zero-order chi connectivity index (χ0) is 73.8. The molecule has 2 saturated heterocycles. The van der Waals surface area contributed by atoms with Crippen LogP contribution in [0, 0.1) is 6.92 Å². The van der Waals surface area contributed by atoms with Crippen LogP contribution in [-0.4, -0.2) is 147 Å². The normalized spacial score (nSPS) is 18.9. The maximum absolute atomic E-state index is 14.0. The molecule has 5 heterocycles. The summed E-state index contributed by atoms with van der Waals surface area (Å²) in [4.78, 5) is 83.0. The molecule has 0 bridgehead atoms. The topological polar surface area (TPSA) is 322 Å². The minimum Gasteiger partial charge on any atom is -0.497 e. The van der Waals surface area contributed by atoms with Crippen LogP contribution in [0.5, 0.6) is 11.5 Å². The van der Waals surface area contributed by atoms with E-state index >= 15 is 0 Å². The average Bonchev–Trinajstić information content (AvgIpc) is 0.824. The van der Waals surface area contributed by atoms with Gasteiger partial charge in [0.2, 0.25) is 0 Å². The first-order chi connectivity index (χ1) is 50.9. The lowest BCUT2D eigenvalue weighted by Gasteiger charge is -2.37. The van der Waals surface area contributed by atoms with E-state index < -0.39 is 76.3 Å². The van der Waals surface area contributed by atoms with Crippen molar-refractivity contribution in [2.45, 2.75) is 134 Å². The molecule has 1 aliphatic carbocycles. The summed E-state index contributed by atoms with van der Waals surface area (Å²) in [6.45, 7) is 10.3. The number of ether oxygens (including phenoxy) is 6. The van der Waals surface area contributed by atoms with Gasteiger partial charge in [0.1, 0.15) is 74.0 Å². The van der Waals surface area contributed by atoms with Gasteiger partial charge in [-0.3, -0.25) is 28.5 Å². The Morgan fingerprint density at radius 3 is 1.93 bits per heavy atom. The van der Waals surface area contributed by atoms with Crippen LogP contribution in [0.25, 0.3) is 22.3 Å². The van der Waals surface area contributed by atoms with Gasteiger partial charge in [0.25, 0.3) is 20.0 Å². The number of imidazole rings is 1. The molecule has 1 amide bonds. The van der Waals surface area contributed by atoms with Crippen molar-refractivity contribution in [3.8, 4) is 22.6 Å².